The van der Waals surface area contributed by atoms with Gasteiger partial charge in [0.15, 0.2) is 23.1 Å². The lowest BCUT2D eigenvalue weighted by Gasteiger charge is -2.31. The van der Waals surface area contributed by atoms with Crippen molar-refractivity contribution in [3.05, 3.63) is 163 Å². The number of rotatable bonds is 10. The minimum atomic E-state index is -0.821. The number of nitro groups is 2. The average molecular weight is 625 g/mol. The molecule has 46 heavy (non-hydrogen) atoms. The molecule has 234 valence electrons. The molecule has 0 atom stereocenters. The third-order valence-electron chi connectivity index (χ3n) is 8.17. The monoisotopic (exact) mass is 624 g/mol. The lowest BCUT2D eigenvalue weighted by Crippen LogP contribution is -2.22. The second-order valence-electron chi connectivity index (χ2n) is 11.8. The van der Waals surface area contributed by atoms with Crippen molar-refractivity contribution in [2.45, 2.75) is 38.5 Å². The zero-order valence-corrected chi connectivity index (χ0v) is 25.5. The van der Waals surface area contributed by atoms with Crippen molar-refractivity contribution in [3.63, 3.8) is 0 Å². The SMILES string of the molecule is CC(C)(c1ccc(Oc2ccc([N+](=O)[O-])cc2F)cc1)c1cccc(C(C)(C)c2ccc(Oc3ccc([N+](=O)[O-])cc3F)cc2)c1. The van der Waals surface area contributed by atoms with Crippen molar-refractivity contribution in [2.75, 3.05) is 0 Å². The summed E-state index contributed by atoms with van der Waals surface area (Å²) in [4.78, 5) is 20.4. The maximum Gasteiger partial charge on any atom is 0.272 e. The fourth-order valence-electron chi connectivity index (χ4n) is 5.14. The normalized spacial score (nSPS) is 11.6. The van der Waals surface area contributed by atoms with Crippen molar-refractivity contribution >= 4 is 11.4 Å². The van der Waals surface area contributed by atoms with E-state index >= 15 is 0 Å². The van der Waals surface area contributed by atoms with Crippen molar-refractivity contribution in [2.24, 2.45) is 0 Å². The Bertz CT molecular complexity index is 1790. The maximum absolute atomic E-state index is 14.3. The van der Waals surface area contributed by atoms with E-state index in [4.69, 9.17) is 9.47 Å². The number of nitrogens with zero attached hydrogens (tertiary/aromatic N) is 2. The molecule has 0 aliphatic heterocycles. The van der Waals surface area contributed by atoms with Crippen LogP contribution in [0, 0.1) is 31.9 Å². The van der Waals surface area contributed by atoms with Crippen LogP contribution in [0.4, 0.5) is 20.2 Å². The highest BCUT2D eigenvalue weighted by Crippen LogP contribution is 2.39. The van der Waals surface area contributed by atoms with Crippen molar-refractivity contribution < 1.29 is 28.1 Å². The number of nitro benzene ring substituents is 2. The van der Waals surface area contributed by atoms with Gasteiger partial charge in [0.2, 0.25) is 0 Å². The summed E-state index contributed by atoms with van der Waals surface area (Å²) in [6.45, 7) is 8.42. The largest absolute Gasteiger partial charge is 0.454 e. The maximum atomic E-state index is 14.3. The number of benzene rings is 5. The van der Waals surface area contributed by atoms with E-state index in [2.05, 4.69) is 45.9 Å². The Morgan fingerprint density at radius 3 is 1.22 bits per heavy atom. The van der Waals surface area contributed by atoms with E-state index in [-0.39, 0.29) is 22.9 Å². The van der Waals surface area contributed by atoms with Gasteiger partial charge in [0.05, 0.1) is 22.0 Å². The average Bonchev–Trinajstić information content (AvgIpc) is 3.03. The first-order valence-corrected chi connectivity index (χ1v) is 14.3. The highest BCUT2D eigenvalue weighted by atomic mass is 19.1. The van der Waals surface area contributed by atoms with E-state index in [0.717, 1.165) is 34.4 Å². The smallest absolute Gasteiger partial charge is 0.272 e. The molecule has 0 aromatic heterocycles. The van der Waals surface area contributed by atoms with Crippen molar-refractivity contribution in [1.82, 2.24) is 0 Å². The van der Waals surface area contributed by atoms with Crippen LogP contribution in [0.25, 0.3) is 0 Å². The van der Waals surface area contributed by atoms with E-state index in [0.29, 0.717) is 11.5 Å². The Morgan fingerprint density at radius 1 is 0.522 bits per heavy atom. The van der Waals surface area contributed by atoms with Crippen LogP contribution in [-0.2, 0) is 10.8 Å². The van der Waals surface area contributed by atoms with Crippen molar-refractivity contribution in [1.29, 1.82) is 0 Å². The molecule has 5 rings (SSSR count). The Kier molecular flexibility index (Phi) is 8.56. The van der Waals surface area contributed by atoms with E-state index in [1.807, 2.05) is 30.3 Å². The number of ether oxygens (including phenoxy) is 2. The molecule has 0 amide bonds. The molecule has 0 heterocycles. The highest BCUT2D eigenvalue weighted by molar-refractivity contribution is 5.48. The van der Waals surface area contributed by atoms with Crippen LogP contribution in [0.15, 0.2) is 109 Å². The molecule has 0 saturated heterocycles. The number of hydrogen-bond donors (Lipinski definition) is 0. The van der Waals surface area contributed by atoms with E-state index < -0.39 is 32.3 Å². The van der Waals surface area contributed by atoms with Gasteiger partial charge in [-0.1, -0.05) is 76.2 Å². The molecular formula is C36H30F2N2O6. The standard InChI is InChI=1S/C36H30F2N2O6/c1-35(2,23-8-14-29(15-9-23)45-33-18-12-27(39(41)42)21-31(33)37)25-6-5-7-26(20-25)36(3,4)24-10-16-30(17-11-24)46-34-19-13-28(40(43)44)22-32(34)38/h5-22H,1-4H3. The first kappa shape index (κ1) is 31.8. The predicted octanol–water partition coefficient (Wildman–Crippen LogP) is 10.0. The molecule has 0 aliphatic rings. The minimum Gasteiger partial charge on any atom is -0.454 e. The summed E-state index contributed by atoms with van der Waals surface area (Å²) in [5.41, 5.74) is 2.62. The predicted molar refractivity (Wildman–Crippen MR) is 170 cm³/mol. The zero-order chi connectivity index (χ0) is 33.2. The number of hydrogen-bond acceptors (Lipinski definition) is 6. The molecule has 0 unspecified atom stereocenters. The summed E-state index contributed by atoms with van der Waals surface area (Å²) in [5.74, 6) is -1.06. The lowest BCUT2D eigenvalue weighted by atomic mass is 9.73. The number of halogens is 2. The van der Waals surface area contributed by atoms with Crippen LogP contribution in [0.2, 0.25) is 0 Å². The van der Waals surface area contributed by atoms with Gasteiger partial charge in [0.1, 0.15) is 11.5 Å². The van der Waals surface area contributed by atoms with Gasteiger partial charge >= 0.3 is 0 Å². The van der Waals surface area contributed by atoms with Crippen LogP contribution in [-0.4, -0.2) is 9.85 Å². The van der Waals surface area contributed by atoms with Gasteiger partial charge in [-0.2, -0.15) is 0 Å². The van der Waals surface area contributed by atoms with Crippen LogP contribution in [0.3, 0.4) is 0 Å². The van der Waals surface area contributed by atoms with E-state index in [9.17, 15) is 29.0 Å². The van der Waals surface area contributed by atoms with Gasteiger partial charge in [0, 0.05) is 23.0 Å². The molecule has 8 nitrogen and oxygen atoms in total. The Hall–Kier alpha value is -5.64. The first-order valence-electron chi connectivity index (χ1n) is 14.3. The fraction of sp³-hybridized carbons (Fsp3) is 0.167. The molecule has 0 radical (unpaired) electrons. The molecule has 5 aromatic carbocycles. The Balaban J connectivity index is 1.32. The third-order valence-corrected chi connectivity index (χ3v) is 8.17. The number of non-ortho nitro benzene ring substituents is 2. The molecule has 5 aromatic rings. The van der Waals surface area contributed by atoms with Crippen LogP contribution in [0.1, 0.15) is 49.9 Å². The summed E-state index contributed by atoms with van der Waals surface area (Å²) in [7, 11) is 0. The molecule has 0 aliphatic carbocycles. The summed E-state index contributed by atoms with van der Waals surface area (Å²) < 4.78 is 39.9. The van der Waals surface area contributed by atoms with Gasteiger partial charge < -0.3 is 9.47 Å². The quantitative estimate of drug-likeness (QED) is 0.113. The van der Waals surface area contributed by atoms with Crippen molar-refractivity contribution in [3.8, 4) is 23.0 Å². The summed E-state index contributed by atoms with van der Waals surface area (Å²) >= 11 is 0. The first-order chi connectivity index (χ1) is 21.8. The molecule has 0 saturated carbocycles. The zero-order valence-electron chi connectivity index (χ0n) is 25.5. The molecule has 0 spiro atoms. The minimum absolute atomic E-state index is 0.106. The Labute approximate surface area is 264 Å². The van der Waals surface area contributed by atoms with Gasteiger partial charge in [-0.15, -0.1) is 0 Å². The fourth-order valence-corrected chi connectivity index (χ4v) is 5.14. The third kappa shape index (κ3) is 6.56. The second kappa shape index (κ2) is 12.4. The van der Waals surface area contributed by atoms with Crippen LogP contribution >= 0.6 is 0 Å². The topological polar surface area (TPSA) is 105 Å². The second-order valence-corrected chi connectivity index (χ2v) is 11.8. The van der Waals surface area contributed by atoms with Crippen LogP contribution < -0.4 is 9.47 Å². The Morgan fingerprint density at radius 2 is 0.891 bits per heavy atom. The van der Waals surface area contributed by atoms with Gasteiger partial charge in [0.25, 0.3) is 11.4 Å². The van der Waals surface area contributed by atoms with Gasteiger partial charge in [-0.05, 0) is 58.7 Å². The molecule has 10 heteroatoms. The molecule has 0 fully saturated rings. The molecule has 0 N–H and O–H groups in total. The summed E-state index contributed by atoms with van der Waals surface area (Å²) in [6.07, 6.45) is 0. The van der Waals surface area contributed by atoms with E-state index in [1.165, 1.54) is 24.3 Å². The van der Waals surface area contributed by atoms with E-state index in [1.54, 1.807) is 24.3 Å². The summed E-state index contributed by atoms with van der Waals surface area (Å²) in [6, 6.07) is 29.4. The van der Waals surface area contributed by atoms with Gasteiger partial charge in [-0.25, -0.2) is 8.78 Å². The molecular weight excluding hydrogens is 594 g/mol. The summed E-state index contributed by atoms with van der Waals surface area (Å²) in [5, 5.41) is 21.8. The van der Waals surface area contributed by atoms with Gasteiger partial charge in [-0.3, -0.25) is 20.2 Å². The highest BCUT2D eigenvalue weighted by Gasteiger charge is 2.28. The van der Waals surface area contributed by atoms with Crippen LogP contribution in [0.5, 0.6) is 23.0 Å². The lowest BCUT2D eigenvalue weighted by molar-refractivity contribution is -0.385. The molecule has 0 bridgehead atoms.